The summed E-state index contributed by atoms with van der Waals surface area (Å²) in [6, 6.07) is 15.9. The fraction of sp³-hybridized carbons (Fsp3) is 0.158. The van der Waals surface area contributed by atoms with Gasteiger partial charge in [0.15, 0.2) is 11.5 Å². The van der Waals surface area contributed by atoms with E-state index >= 15 is 0 Å². The van der Waals surface area contributed by atoms with Gasteiger partial charge in [-0.25, -0.2) is 0 Å². The number of halogens is 1. The molecule has 0 fully saturated rings. The standard InChI is InChI=1S/C19H16ClN3O3/c20-14-5-7-15(8-6-14)23-19(24)13(9-21)10-22-11-16-12-25-17-3-1-2-4-18(17)26-16/h1-8,10,16,22H,11-12H2,(H,23,24)/b13-10-. The highest BCUT2D eigenvalue weighted by atomic mass is 35.5. The van der Waals surface area contributed by atoms with E-state index in [1.54, 1.807) is 24.3 Å². The lowest BCUT2D eigenvalue weighted by Gasteiger charge is -2.26. The van der Waals surface area contributed by atoms with Crippen LogP contribution in [-0.2, 0) is 4.79 Å². The Hall–Kier alpha value is -3.17. The zero-order valence-electron chi connectivity index (χ0n) is 13.7. The highest BCUT2D eigenvalue weighted by molar-refractivity contribution is 6.30. The Kier molecular flexibility index (Phi) is 5.62. The van der Waals surface area contributed by atoms with Crippen molar-refractivity contribution < 1.29 is 14.3 Å². The highest BCUT2D eigenvalue weighted by Crippen LogP contribution is 2.30. The van der Waals surface area contributed by atoms with Crippen molar-refractivity contribution in [2.45, 2.75) is 6.10 Å². The molecule has 6 nitrogen and oxygen atoms in total. The summed E-state index contributed by atoms with van der Waals surface area (Å²) in [4.78, 5) is 12.1. The van der Waals surface area contributed by atoms with Crippen LogP contribution in [0.5, 0.6) is 11.5 Å². The first kappa shape index (κ1) is 17.6. The smallest absolute Gasteiger partial charge is 0.267 e. The maximum absolute atomic E-state index is 12.1. The number of anilines is 1. The van der Waals surface area contributed by atoms with E-state index in [4.69, 9.17) is 21.1 Å². The molecule has 7 heteroatoms. The fourth-order valence-corrected chi connectivity index (χ4v) is 2.46. The molecule has 2 aromatic carbocycles. The lowest BCUT2D eigenvalue weighted by Crippen LogP contribution is -2.37. The SMILES string of the molecule is N#C/C(=C/NCC1COc2ccccc2O1)C(=O)Nc1ccc(Cl)cc1. The molecule has 0 spiro atoms. The third kappa shape index (κ3) is 4.47. The molecule has 2 aromatic rings. The predicted octanol–water partition coefficient (Wildman–Crippen LogP) is 3.12. The van der Waals surface area contributed by atoms with E-state index in [0.717, 1.165) is 0 Å². The number of nitrogens with one attached hydrogen (secondary N) is 2. The second-order valence-electron chi connectivity index (χ2n) is 5.54. The van der Waals surface area contributed by atoms with Gasteiger partial charge in [0.25, 0.3) is 5.91 Å². The summed E-state index contributed by atoms with van der Waals surface area (Å²) >= 11 is 5.80. The van der Waals surface area contributed by atoms with Gasteiger partial charge in [0.2, 0.25) is 0 Å². The molecule has 3 rings (SSSR count). The first-order valence-electron chi connectivity index (χ1n) is 7.95. The summed E-state index contributed by atoms with van der Waals surface area (Å²) in [5, 5.41) is 15.3. The number of carbonyl (C=O) groups excluding carboxylic acids is 1. The molecule has 0 aromatic heterocycles. The molecule has 0 aliphatic carbocycles. The van der Waals surface area contributed by atoms with Gasteiger partial charge in [-0.15, -0.1) is 0 Å². The first-order chi connectivity index (χ1) is 12.7. The number of para-hydroxylation sites is 2. The van der Waals surface area contributed by atoms with Crippen LogP contribution in [0.3, 0.4) is 0 Å². The topological polar surface area (TPSA) is 83.4 Å². The number of hydrogen-bond acceptors (Lipinski definition) is 5. The number of nitrogens with zero attached hydrogens (tertiary/aromatic N) is 1. The Labute approximate surface area is 156 Å². The number of hydrogen-bond donors (Lipinski definition) is 2. The van der Waals surface area contributed by atoms with E-state index < -0.39 is 5.91 Å². The molecule has 0 saturated heterocycles. The third-order valence-electron chi connectivity index (χ3n) is 3.63. The van der Waals surface area contributed by atoms with Crippen molar-refractivity contribution in [1.29, 1.82) is 5.26 Å². The second-order valence-corrected chi connectivity index (χ2v) is 5.97. The van der Waals surface area contributed by atoms with Gasteiger partial charge in [-0.3, -0.25) is 4.79 Å². The summed E-state index contributed by atoms with van der Waals surface area (Å²) in [6.07, 6.45) is 1.15. The monoisotopic (exact) mass is 369 g/mol. The Morgan fingerprint density at radius 1 is 1.23 bits per heavy atom. The number of nitriles is 1. The number of fused-ring (bicyclic) bond motifs is 1. The van der Waals surface area contributed by atoms with Crippen LogP contribution in [0.25, 0.3) is 0 Å². The van der Waals surface area contributed by atoms with Crippen molar-refractivity contribution >= 4 is 23.2 Å². The largest absolute Gasteiger partial charge is 0.486 e. The minimum Gasteiger partial charge on any atom is -0.486 e. The molecule has 0 bridgehead atoms. The van der Waals surface area contributed by atoms with Crippen molar-refractivity contribution in [3.8, 4) is 17.6 Å². The number of rotatable bonds is 5. The van der Waals surface area contributed by atoms with Crippen molar-refractivity contribution in [2.75, 3.05) is 18.5 Å². The fourth-order valence-electron chi connectivity index (χ4n) is 2.34. The van der Waals surface area contributed by atoms with Crippen LogP contribution in [0.1, 0.15) is 0 Å². The van der Waals surface area contributed by atoms with Gasteiger partial charge in [-0.2, -0.15) is 5.26 Å². The van der Waals surface area contributed by atoms with Crippen molar-refractivity contribution in [1.82, 2.24) is 5.32 Å². The maximum Gasteiger partial charge on any atom is 0.267 e. The first-order valence-corrected chi connectivity index (χ1v) is 8.32. The average molecular weight is 370 g/mol. The van der Waals surface area contributed by atoms with Crippen LogP contribution < -0.4 is 20.1 Å². The molecular formula is C19H16ClN3O3. The van der Waals surface area contributed by atoms with E-state index in [1.807, 2.05) is 30.3 Å². The molecule has 132 valence electrons. The van der Waals surface area contributed by atoms with E-state index in [-0.39, 0.29) is 11.7 Å². The Bertz CT molecular complexity index is 859. The zero-order valence-corrected chi connectivity index (χ0v) is 14.5. The van der Waals surface area contributed by atoms with Crippen molar-refractivity contribution in [3.05, 3.63) is 65.3 Å². The van der Waals surface area contributed by atoms with Crippen LogP contribution in [0.15, 0.2) is 60.3 Å². The summed E-state index contributed by atoms with van der Waals surface area (Å²) in [5.74, 6) is 0.878. The molecule has 1 aliphatic rings. The molecule has 0 radical (unpaired) electrons. The van der Waals surface area contributed by atoms with Crippen LogP contribution in [0.4, 0.5) is 5.69 Å². The van der Waals surface area contributed by atoms with Gasteiger partial charge in [0.1, 0.15) is 24.4 Å². The minimum absolute atomic E-state index is 0.0444. The molecule has 2 N–H and O–H groups in total. The quantitative estimate of drug-likeness (QED) is 0.625. The molecule has 0 saturated carbocycles. The number of benzene rings is 2. The van der Waals surface area contributed by atoms with Crippen molar-refractivity contribution in [2.24, 2.45) is 0 Å². The lowest BCUT2D eigenvalue weighted by atomic mass is 10.2. The van der Waals surface area contributed by atoms with Crippen LogP contribution >= 0.6 is 11.6 Å². The summed E-state index contributed by atoms with van der Waals surface area (Å²) in [5.41, 5.74) is 0.512. The average Bonchev–Trinajstić information content (AvgIpc) is 2.67. The number of carbonyl (C=O) groups is 1. The normalized spacial score (nSPS) is 15.7. The van der Waals surface area contributed by atoms with Crippen LogP contribution in [-0.4, -0.2) is 25.2 Å². The Morgan fingerprint density at radius 2 is 1.96 bits per heavy atom. The minimum atomic E-state index is -0.506. The zero-order chi connectivity index (χ0) is 18.4. The van der Waals surface area contributed by atoms with Gasteiger partial charge < -0.3 is 20.1 Å². The summed E-state index contributed by atoms with van der Waals surface area (Å²) in [6.45, 7) is 0.782. The van der Waals surface area contributed by atoms with Crippen LogP contribution in [0.2, 0.25) is 5.02 Å². The highest BCUT2D eigenvalue weighted by Gasteiger charge is 2.20. The van der Waals surface area contributed by atoms with E-state index in [9.17, 15) is 10.1 Å². The van der Waals surface area contributed by atoms with Gasteiger partial charge in [0.05, 0.1) is 6.54 Å². The number of amides is 1. The molecule has 26 heavy (non-hydrogen) atoms. The molecular weight excluding hydrogens is 354 g/mol. The van der Waals surface area contributed by atoms with Gasteiger partial charge in [0, 0.05) is 16.9 Å². The maximum atomic E-state index is 12.1. The van der Waals surface area contributed by atoms with E-state index in [2.05, 4.69) is 10.6 Å². The third-order valence-corrected chi connectivity index (χ3v) is 3.88. The van der Waals surface area contributed by atoms with Gasteiger partial charge in [-0.05, 0) is 36.4 Å². The molecule has 1 aliphatic heterocycles. The molecule has 1 amide bonds. The second kappa shape index (κ2) is 8.28. The molecule has 1 unspecified atom stereocenters. The number of ether oxygens (including phenoxy) is 2. The Balaban J connectivity index is 1.54. The Morgan fingerprint density at radius 3 is 2.69 bits per heavy atom. The van der Waals surface area contributed by atoms with Gasteiger partial charge >= 0.3 is 0 Å². The van der Waals surface area contributed by atoms with Gasteiger partial charge in [-0.1, -0.05) is 23.7 Å². The predicted molar refractivity (Wildman–Crippen MR) is 98.1 cm³/mol. The van der Waals surface area contributed by atoms with Crippen molar-refractivity contribution in [3.63, 3.8) is 0 Å². The van der Waals surface area contributed by atoms with E-state index in [1.165, 1.54) is 6.20 Å². The summed E-state index contributed by atoms with van der Waals surface area (Å²) < 4.78 is 11.4. The van der Waals surface area contributed by atoms with E-state index in [0.29, 0.717) is 35.4 Å². The molecule has 1 heterocycles. The summed E-state index contributed by atoms with van der Waals surface area (Å²) in [7, 11) is 0. The molecule has 1 atom stereocenters. The van der Waals surface area contributed by atoms with Crippen LogP contribution in [0, 0.1) is 11.3 Å². The lowest BCUT2D eigenvalue weighted by molar-refractivity contribution is -0.112.